The van der Waals surface area contributed by atoms with Crippen molar-refractivity contribution in [1.29, 1.82) is 0 Å². The van der Waals surface area contributed by atoms with Gasteiger partial charge in [-0.25, -0.2) is 0 Å². The average Bonchev–Trinajstić information content (AvgIpc) is 2.23. The summed E-state index contributed by atoms with van der Waals surface area (Å²) >= 11 is 3.33. The molecule has 0 radical (unpaired) electrons. The van der Waals surface area contributed by atoms with E-state index in [4.69, 9.17) is 5.73 Å². The maximum atomic E-state index is 11.4. The SMILES string of the molecule is CC(C)C(C)C(C(=O)O)c1cccc(Br)c1N. The third kappa shape index (κ3) is 3.00. The van der Waals surface area contributed by atoms with Crippen molar-refractivity contribution in [3.8, 4) is 0 Å². The molecule has 1 aromatic rings. The molecule has 0 heterocycles. The number of carboxylic acid groups (broad SMARTS) is 1. The number of carboxylic acids is 1. The van der Waals surface area contributed by atoms with Crippen molar-refractivity contribution in [2.45, 2.75) is 26.7 Å². The van der Waals surface area contributed by atoms with Gasteiger partial charge in [0.25, 0.3) is 0 Å². The fourth-order valence-corrected chi connectivity index (χ4v) is 2.23. The van der Waals surface area contributed by atoms with Crippen LogP contribution in [0.3, 0.4) is 0 Å². The van der Waals surface area contributed by atoms with E-state index in [1.165, 1.54) is 0 Å². The van der Waals surface area contributed by atoms with E-state index < -0.39 is 11.9 Å². The van der Waals surface area contributed by atoms with E-state index in [1.807, 2.05) is 32.9 Å². The maximum Gasteiger partial charge on any atom is 0.311 e. The average molecular weight is 300 g/mol. The minimum atomic E-state index is -0.823. The predicted octanol–water partition coefficient (Wildman–Crippen LogP) is 3.49. The van der Waals surface area contributed by atoms with Crippen molar-refractivity contribution in [3.05, 3.63) is 28.2 Å². The highest BCUT2D eigenvalue weighted by molar-refractivity contribution is 9.10. The Hall–Kier alpha value is -1.03. The van der Waals surface area contributed by atoms with E-state index in [0.717, 1.165) is 4.47 Å². The molecule has 17 heavy (non-hydrogen) atoms. The molecule has 0 fully saturated rings. The maximum absolute atomic E-state index is 11.4. The summed E-state index contributed by atoms with van der Waals surface area (Å²) < 4.78 is 0.747. The molecule has 0 aliphatic rings. The molecule has 0 saturated carbocycles. The largest absolute Gasteiger partial charge is 0.481 e. The second-order valence-electron chi connectivity index (χ2n) is 4.66. The van der Waals surface area contributed by atoms with E-state index in [1.54, 1.807) is 6.07 Å². The molecule has 0 aromatic heterocycles. The van der Waals surface area contributed by atoms with Gasteiger partial charge in [0.15, 0.2) is 0 Å². The predicted molar refractivity (Wildman–Crippen MR) is 72.9 cm³/mol. The third-order valence-electron chi connectivity index (χ3n) is 3.27. The molecule has 2 unspecified atom stereocenters. The van der Waals surface area contributed by atoms with Crippen LogP contribution in [0.2, 0.25) is 0 Å². The third-order valence-corrected chi connectivity index (χ3v) is 3.96. The van der Waals surface area contributed by atoms with Crippen molar-refractivity contribution in [2.24, 2.45) is 11.8 Å². The Kier molecular flexibility index (Phi) is 4.57. The molecule has 1 rings (SSSR count). The Morgan fingerprint density at radius 2 is 1.94 bits per heavy atom. The first-order valence-electron chi connectivity index (χ1n) is 5.63. The molecule has 3 nitrogen and oxygen atoms in total. The Morgan fingerprint density at radius 1 is 1.35 bits per heavy atom. The van der Waals surface area contributed by atoms with Crippen LogP contribution in [0.4, 0.5) is 5.69 Å². The van der Waals surface area contributed by atoms with Crippen molar-refractivity contribution in [3.63, 3.8) is 0 Å². The Labute approximate surface area is 110 Å². The van der Waals surface area contributed by atoms with E-state index in [9.17, 15) is 9.90 Å². The van der Waals surface area contributed by atoms with Crippen LogP contribution in [0.15, 0.2) is 22.7 Å². The summed E-state index contributed by atoms with van der Waals surface area (Å²) in [6, 6.07) is 5.42. The Morgan fingerprint density at radius 3 is 2.41 bits per heavy atom. The van der Waals surface area contributed by atoms with Gasteiger partial charge in [-0.3, -0.25) is 4.79 Å². The summed E-state index contributed by atoms with van der Waals surface area (Å²) in [6.07, 6.45) is 0. The van der Waals surface area contributed by atoms with E-state index in [-0.39, 0.29) is 11.8 Å². The van der Waals surface area contributed by atoms with Crippen molar-refractivity contribution in [1.82, 2.24) is 0 Å². The van der Waals surface area contributed by atoms with Gasteiger partial charge in [0.05, 0.1) is 5.92 Å². The number of anilines is 1. The first-order chi connectivity index (χ1) is 7.86. The minimum absolute atomic E-state index is 0.0316. The number of hydrogen-bond acceptors (Lipinski definition) is 2. The van der Waals surface area contributed by atoms with Crippen LogP contribution >= 0.6 is 15.9 Å². The molecule has 2 atom stereocenters. The molecule has 94 valence electrons. The van der Waals surface area contributed by atoms with Gasteiger partial charge in [-0.2, -0.15) is 0 Å². The standard InChI is InChI=1S/C13H18BrNO2/c1-7(2)8(3)11(13(16)17)9-5-4-6-10(14)12(9)15/h4-8,11H,15H2,1-3H3,(H,16,17). The zero-order chi connectivity index (χ0) is 13.2. The van der Waals surface area contributed by atoms with E-state index in [2.05, 4.69) is 15.9 Å². The van der Waals surface area contributed by atoms with Crippen LogP contribution in [0.25, 0.3) is 0 Å². The van der Waals surface area contributed by atoms with Crippen LogP contribution in [0, 0.1) is 11.8 Å². The summed E-state index contributed by atoms with van der Waals surface area (Å²) in [5.74, 6) is -1.07. The zero-order valence-electron chi connectivity index (χ0n) is 10.3. The summed E-state index contributed by atoms with van der Waals surface area (Å²) in [4.78, 5) is 11.4. The van der Waals surface area contributed by atoms with Gasteiger partial charge < -0.3 is 10.8 Å². The Bertz CT molecular complexity index is 418. The second kappa shape index (κ2) is 5.54. The van der Waals surface area contributed by atoms with Gasteiger partial charge in [-0.05, 0) is 39.4 Å². The first kappa shape index (κ1) is 14.0. The van der Waals surface area contributed by atoms with Crippen LogP contribution in [-0.2, 0) is 4.79 Å². The number of rotatable bonds is 4. The highest BCUT2D eigenvalue weighted by Gasteiger charge is 2.30. The van der Waals surface area contributed by atoms with Crippen LogP contribution in [-0.4, -0.2) is 11.1 Å². The number of benzene rings is 1. The molecule has 0 saturated heterocycles. The molecule has 0 amide bonds. The Balaban J connectivity index is 3.24. The zero-order valence-corrected chi connectivity index (χ0v) is 11.9. The van der Waals surface area contributed by atoms with Crippen molar-refractivity contribution < 1.29 is 9.90 Å². The molecule has 3 N–H and O–H groups in total. The molecular weight excluding hydrogens is 282 g/mol. The number of hydrogen-bond donors (Lipinski definition) is 2. The van der Waals surface area contributed by atoms with E-state index >= 15 is 0 Å². The second-order valence-corrected chi connectivity index (χ2v) is 5.52. The normalized spacial score (nSPS) is 14.6. The monoisotopic (exact) mass is 299 g/mol. The molecule has 4 heteroatoms. The van der Waals surface area contributed by atoms with Crippen LogP contribution < -0.4 is 5.73 Å². The van der Waals surface area contributed by atoms with Gasteiger partial charge in [-0.15, -0.1) is 0 Å². The lowest BCUT2D eigenvalue weighted by Crippen LogP contribution is -2.24. The lowest BCUT2D eigenvalue weighted by atomic mass is 9.80. The van der Waals surface area contributed by atoms with Crippen LogP contribution in [0.5, 0.6) is 0 Å². The molecular formula is C13H18BrNO2. The molecule has 0 bridgehead atoms. The molecule has 0 aliphatic carbocycles. The number of para-hydroxylation sites is 1. The fraction of sp³-hybridized carbons (Fsp3) is 0.462. The lowest BCUT2D eigenvalue weighted by Gasteiger charge is -2.25. The van der Waals surface area contributed by atoms with Gasteiger partial charge in [-0.1, -0.05) is 32.9 Å². The minimum Gasteiger partial charge on any atom is -0.481 e. The topological polar surface area (TPSA) is 63.3 Å². The van der Waals surface area contributed by atoms with E-state index in [0.29, 0.717) is 11.3 Å². The smallest absolute Gasteiger partial charge is 0.311 e. The van der Waals surface area contributed by atoms with Gasteiger partial charge in [0.1, 0.15) is 0 Å². The number of aliphatic carboxylic acids is 1. The van der Waals surface area contributed by atoms with Crippen LogP contribution in [0.1, 0.15) is 32.3 Å². The van der Waals surface area contributed by atoms with Crippen molar-refractivity contribution in [2.75, 3.05) is 5.73 Å². The number of halogens is 1. The highest BCUT2D eigenvalue weighted by atomic mass is 79.9. The molecule has 0 spiro atoms. The fourth-order valence-electron chi connectivity index (χ4n) is 1.85. The summed E-state index contributed by atoms with van der Waals surface area (Å²) in [7, 11) is 0. The number of carbonyl (C=O) groups is 1. The number of nitrogens with two attached hydrogens (primary N) is 1. The van der Waals surface area contributed by atoms with Gasteiger partial charge in [0.2, 0.25) is 0 Å². The molecule has 0 aliphatic heterocycles. The summed E-state index contributed by atoms with van der Waals surface area (Å²) in [6.45, 7) is 5.99. The lowest BCUT2D eigenvalue weighted by molar-refractivity contribution is -0.140. The summed E-state index contributed by atoms with van der Waals surface area (Å²) in [5, 5.41) is 9.39. The number of nitrogen functional groups attached to an aromatic ring is 1. The van der Waals surface area contributed by atoms with Crippen molar-refractivity contribution >= 4 is 27.6 Å². The summed E-state index contributed by atoms with van der Waals surface area (Å²) in [5.41, 5.74) is 7.16. The highest BCUT2D eigenvalue weighted by Crippen LogP contribution is 2.36. The molecule has 1 aromatic carbocycles. The first-order valence-corrected chi connectivity index (χ1v) is 6.42. The quantitative estimate of drug-likeness (QED) is 0.837. The van der Waals surface area contributed by atoms with Gasteiger partial charge in [0, 0.05) is 10.2 Å². The van der Waals surface area contributed by atoms with Gasteiger partial charge >= 0.3 is 5.97 Å².